The fraction of sp³-hybridized carbons (Fsp3) is 0.462. The number of nitrogens with one attached hydrogen (secondary N) is 1. The van der Waals surface area contributed by atoms with E-state index in [0.717, 1.165) is 12.1 Å². The number of rotatable bonds is 3. The summed E-state index contributed by atoms with van der Waals surface area (Å²) in [5.41, 5.74) is -1.50. The van der Waals surface area contributed by atoms with Crippen molar-refractivity contribution in [1.82, 2.24) is 5.32 Å². The number of benzene rings is 1. The topological polar surface area (TPSA) is 49.3 Å². The van der Waals surface area contributed by atoms with Gasteiger partial charge in [0.05, 0.1) is 5.56 Å². The molecule has 1 heterocycles. The Kier molecular flexibility index (Phi) is 3.54. The van der Waals surface area contributed by atoms with Gasteiger partial charge in [-0.2, -0.15) is 13.2 Å². The largest absolute Gasteiger partial charge is 0.480 e. The lowest BCUT2D eigenvalue weighted by Crippen LogP contribution is -2.49. The van der Waals surface area contributed by atoms with Gasteiger partial charge >= 0.3 is 12.1 Å². The normalized spacial score (nSPS) is 23.5. The molecule has 1 atom stereocenters. The van der Waals surface area contributed by atoms with Crippen molar-refractivity contribution < 1.29 is 23.1 Å². The van der Waals surface area contributed by atoms with E-state index in [0.29, 0.717) is 24.9 Å². The lowest BCUT2D eigenvalue weighted by molar-refractivity contribution is -0.144. The van der Waals surface area contributed by atoms with E-state index in [4.69, 9.17) is 0 Å². The van der Waals surface area contributed by atoms with Crippen LogP contribution in [0.2, 0.25) is 0 Å². The first-order valence-corrected chi connectivity index (χ1v) is 5.98. The Morgan fingerprint density at radius 2 is 2.16 bits per heavy atom. The molecule has 6 heteroatoms. The van der Waals surface area contributed by atoms with Crippen LogP contribution in [0.5, 0.6) is 0 Å². The van der Waals surface area contributed by atoms with Gasteiger partial charge in [0, 0.05) is 6.42 Å². The Balaban J connectivity index is 2.25. The van der Waals surface area contributed by atoms with Gasteiger partial charge in [-0.05, 0) is 31.0 Å². The predicted molar refractivity (Wildman–Crippen MR) is 62.8 cm³/mol. The quantitative estimate of drug-likeness (QED) is 0.889. The van der Waals surface area contributed by atoms with Crippen molar-refractivity contribution in [2.45, 2.75) is 31.0 Å². The molecule has 0 amide bonds. The highest BCUT2D eigenvalue weighted by atomic mass is 19.4. The number of aliphatic carboxylic acids is 1. The van der Waals surface area contributed by atoms with E-state index in [-0.39, 0.29) is 6.42 Å². The molecular formula is C13H14F3NO2. The SMILES string of the molecule is O=C(O)[C@]1(Cc2cccc(C(F)(F)F)c2)CCCN1. The van der Waals surface area contributed by atoms with E-state index < -0.39 is 23.2 Å². The zero-order chi connectivity index (χ0) is 14.1. The molecule has 1 aromatic rings. The van der Waals surface area contributed by atoms with Crippen LogP contribution in [-0.2, 0) is 17.4 Å². The fourth-order valence-electron chi connectivity index (χ4n) is 2.42. The summed E-state index contributed by atoms with van der Waals surface area (Å²) in [6.45, 7) is 0.575. The maximum atomic E-state index is 12.6. The standard InChI is InChI=1S/C13H14F3NO2/c14-13(15,16)10-4-1-3-9(7-10)8-12(11(18)19)5-2-6-17-12/h1,3-4,7,17H,2,5-6,8H2,(H,18,19)/t12-/m1/s1. The molecule has 0 radical (unpaired) electrons. The number of hydrogen-bond donors (Lipinski definition) is 2. The molecule has 0 aromatic heterocycles. The minimum absolute atomic E-state index is 0.0618. The second-order valence-electron chi connectivity index (χ2n) is 4.79. The molecule has 0 saturated carbocycles. The van der Waals surface area contributed by atoms with Crippen LogP contribution in [0, 0.1) is 0 Å². The summed E-state index contributed by atoms with van der Waals surface area (Å²) in [7, 11) is 0. The molecule has 1 aliphatic heterocycles. The summed E-state index contributed by atoms with van der Waals surface area (Å²) in [4.78, 5) is 11.3. The minimum atomic E-state index is -4.41. The Morgan fingerprint density at radius 1 is 1.42 bits per heavy atom. The molecule has 0 spiro atoms. The van der Waals surface area contributed by atoms with Gasteiger partial charge < -0.3 is 10.4 Å². The highest BCUT2D eigenvalue weighted by molar-refractivity contribution is 5.79. The second kappa shape index (κ2) is 4.85. The molecule has 104 valence electrons. The number of alkyl halides is 3. The summed E-state index contributed by atoms with van der Waals surface area (Å²) in [6.07, 6.45) is -3.20. The summed E-state index contributed by atoms with van der Waals surface area (Å²) in [6, 6.07) is 4.84. The third-order valence-electron chi connectivity index (χ3n) is 3.41. The van der Waals surface area contributed by atoms with Crippen molar-refractivity contribution in [2.24, 2.45) is 0 Å². The van der Waals surface area contributed by atoms with Crippen LogP contribution in [0.4, 0.5) is 13.2 Å². The third kappa shape index (κ3) is 2.89. The Morgan fingerprint density at radius 3 is 2.68 bits per heavy atom. The van der Waals surface area contributed by atoms with Crippen LogP contribution in [0.3, 0.4) is 0 Å². The zero-order valence-electron chi connectivity index (χ0n) is 10.1. The van der Waals surface area contributed by atoms with Gasteiger partial charge in [0.25, 0.3) is 0 Å². The lowest BCUT2D eigenvalue weighted by atomic mass is 9.89. The Bertz CT molecular complexity index is 479. The number of halogens is 3. The minimum Gasteiger partial charge on any atom is -0.480 e. The smallest absolute Gasteiger partial charge is 0.416 e. The van der Waals surface area contributed by atoms with Crippen molar-refractivity contribution in [3.63, 3.8) is 0 Å². The number of carboxylic acids is 1. The van der Waals surface area contributed by atoms with Gasteiger partial charge in [-0.3, -0.25) is 4.79 Å². The molecule has 0 aliphatic carbocycles. The van der Waals surface area contributed by atoms with Crippen LogP contribution < -0.4 is 5.32 Å². The summed E-state index contributed by atoms with van der Waals surface area (Å²) < 4.78 is 37.8. The van der Waals surface area contributed by atoms with Gasteiger partial charge in [-0.15, -0.1) is 0 Å². The van der Waals surface area contributed by atoms with Crippen LogP contribution in [0.15, 0.2) is 24.3 Å². The molecule has 1 saturated heterocycles. The van der Waals surface area contributed by atoms with E-state index in [9.17, 15) is 23.1 Å². The molecule has 2 N–H and O–H groups in total. The first-order valence-electron chi connectivity index (χ1n) is 5.98. The number of hydrogen-bond acceptors (Lipinski definition) is 2. The monoisotopic (exact) mass is 273 g/mol. The zero-order valence-corrected chi connectivity index (χ0v) is 10.1. The molecular weight excluding hydrogens is 259 g/mol. The lowest BCUT2D eigenvalue weighted by Gasteiger charge is -2.24. The molecule has 2 rings (SSSR count). The maximum Gasteiger partial charge on any atom is 0.416 e. The van der Waals surface area contributed by atoms with Crippen molar-refractivity contribution in [2.75, 3.05) is 6.54 Å². The van der Waals surface area contributed by atoms with Gasteiger partial charge in [0.2, 0.25) is 0 Å². The first-order chi connectivity index (χ1) is 8.83. The first kappa shape index (κ1) is 13.9. The van der Waals surface area contributed by atoms with E-state index in [2.05, 4.69) is 5.32 Å². The molecule has 0 bridgehead atoms. The Labute approximate surface area is 108 Å². The average Bonchev–Trinajstić information content (AvgIpc) is 2.78. The van der Waals surface area contributed by atoms with Crippen molar-refractivity contribution in [3.05, 3.63) is 35.4 Å². The highest BCUT2D eigenvalue weighted by Gasteiger charge is 2.41. The molecule has 19 heavy (non-hydrogen) atoms. The van der Waals surface area contributed by atoms with Crippen LogP contribution in [-0.4, -0.2) is 23.2 Å². The highest BCUT2D eigenvalue weighted by Crippen LogP contribution is 2.31. The summed E-state index contributed by atoms with van der Waals surface area (Å²) >= 11 is 0. The molecule has 1 fully saturated rings. The number of carbonyl (C=O) groups is 1. The Hall–Kier alpha value is -1.56. The van der Waals surface area contributed by atoms with E-state index in [1.165, 1.54) is 12.1 Å². The average molecular weight is 273 g/mol. The van der Waals surface area contributed by atoms with Crippen molar-refractivity contribution >= 4 is 5.97 Å². The molecule has 3 nitrogen and oxygen atoms in total. The van der Waals surface area contributed by atoms with Gasteiger partial charge in [0.1, 0.15) is 5.54 Å². The van der Waals surface area contributed by atoms with E-state index in [1.807, 2.05) is 0 Å². The van der Waals surface area contributed by atoms with Crippen LogP contribution in [0.1, 0.15) is 24.0 Å². The van der Waals surface area contributed by atoms with Gasteiger partial charge in [-0.1, -0.05) is 18.2 Å². The van der Waals surface area contributed by atoms with E-state index in [1.54, 1.807) is 0 Å². The van der Waals surface area contributed by atoms with Crippen LogP contribution >= 0.6 is 0 Å². The molecule has 1 aromatic carbocycles. The van der Waals surface area contributed by atoms with Gasteiger partial charge in [-0.25, -0.2) is 0 Å². The van der Waals surface area contributed by atoms with Gasteiger partial charge in [0.15, 0.2) is 0 Å². The van der Waals surface area contributed by atoms with Crippen molar-refractivity contribution in [1.29, 1.82) is 0 Å². The summed E-state index contributed by atoms with van der Waals surface area (Å²) in [5.74, 6) is -1.01. The van der Waals surface area contributed by atoms with E-state index >= 15 is 0 Å². The van der Waals surface area contributed by atoms with Crippen LogP contribution in [0.25, 0.3) is 0 Å². The number of carboxylic acid groups (broad SMARTS) is 1. The fourth-order valence-corrected chi connectivity index (χ4v) is 2.42. The van der Waals surface area contributed by atoms with Crippen molar-refractivity contribution in [3.8, 4) is 0 Å². The molecule has 1 aliphatic rings. The predicted octanol–water partition coefficient (Wildman–Crippen LogP) is 2.45. The maximum absolute atomic E-state index is 12.6. The summed E-state index contributed by atoms with van der Waals surface area (Å²) in [5, 5.41) is 12.2. The second-order valence-corrected chi connectivity index (χ2v) is 4.79. The third-order valence-corrected chi connectivity index (χ3v) is 3.41. The molecule has 0 unspecified atom stereocenters.